The van der Waals surface area contributed by atoms with E-state index in [4.69, 9.17) is 4.52 Å². The zero-order chi connectivity index (χ0) is 18.1. The first kappa shape index (κ1) is 18.2. The fourth-order valence-electron chi connectivity index (χ4n) is 4.29. The lowest BCUT2D eigenvalue weighted by Gasteiger charge is -2.35. The van der Waals surface area contributed by atoms with Crippen molar-refractivity contribution in [3.8, 4) is 0 Å². The molecule has 0 radical (unpaired) electrons. The molecule has 5 heteroatoms. The Morgan fingerprint density at radius 3 is 2.48 bits per heavy atom. The standard InChI is InChI=1S/C20H29NO4/c1-11(2)6-13-7-15(8-13)20-18(14-4-5-14)19(21-25-20)16(9-17(23)24)12(3)10-22/h10-16H,4-9H2,1-3H3,(H,23,24). The number of rotatable bonds is 9. The van der Waals surface area contributed by atoms with Crippen molar-refractivity contribution >= 4 is 12.3 Å². The zero-order valence-electron chi connectivity index (χ0n) is 15.4. The SMILES string of the molecule is CC(C)CC1CC(c2onc(C(CC(=O)O)C(C)C=O)c2C2CC2)C1. The molecule has 1 N–H and O–H groups in total. The van der Waals surface area contributed by atoms with E-state index in [1.54, 1.807) is 6.92 Å². The molecule has 2 aliphatic rings. The predicted molar refractivity (Wildman–Crippen MR) is 93.6 cm³/mol. The van der Waals surface area contributed by atoms with Crippen molar-refractivity contribution in [2.45, 2.75) is 77.0 Å². The monoisotopic (exact) mass is 347 g/mol. The second-order valence-electron chi connectivity index (χ2n) is 8.48. The van der Waals surface area contributed by atoms with Crippen LogP contribution in [0.2, 0.25) is 0 Å². The summed E-state index contributed by atoms with van der Waals surface area (Å²) in [7, 11) is 0. The van der Waals surface area contributed by atoms with Crippen LogP contribution in [0.3, 0.4) is 0 Å². The third kappa shape index (κ3) is 3.96. The zero-order valence-corrected chi connectivity index (χ0v) is 15.4. The van der Waals surface area contributed by atoms with E-state index in [1.165, 1.54) is 6.42 Å². The highest BCUT2D eigenvalue weighted by Gasteiger charge is 2.42. The van der Waals surface area contributed by atoms with Gasteiger partial charge in [-0.3, -0.25) is 4.79 Å². The molecule has 0 aliphatic heterocycles. The predicted octanol–water partition coefficient (Wildman–Crippen LogP) is 4.49. The Bertz CT molecular complexity index is 626. The molecule has 0 bridgehead atoms. The van der Waals surface area contributed by atoms with Gasteiger partial charge in [-0.1, -0.05) is 25.9 Å². The summed E-state index contributed by atoms with van der Waals surface area (Å²) in [5.41, 5.74) is 1.86. The van der Waals surface area contributed by atoms with E-state index in [0.717, 1.165) is 54.9 Å². The number of aromatic nitrogens is 1. The fourth-order valence-corrected chi connectivity index (χ4v) is 4.29. The molecule has 0 saturated heterocycles. The minimum absolute atomic E-state index is 0.0771. The van der Waals surface area contributed by atoms with Crippen molar-refractivity contribution in [3.63, 3.8) is 0 Å². The summed E-state index contributed by atoms with van der Waals surface area (Å²) >= 11 is 0. The fraction of sp³-hybridized carbons (Fsp3) is 0.750. The van der Waals surface area contributed by atoms with E-state index in [2.05, 4.69) is 19.0 Å². The highest BCUT2D eigenvalue weighted by atomic mass is 16.5. The smallest absolute Gasteiger partial charge is 0.304 e. The molecule has 25 heavy (non-hydrogen) atoms. The molecule has 2 unspecified atom stereocenters. The first-order valence-electron chi connectivity index (χ1n) is 9.57. The van der Waals surface area contributed by atoms with Gasteiger partial charge in [-0.05, 0) is 49.9 Å². The second-order valence-corrected chi connectivity index (χ2v) is 8.48. The Kier molecular flexibility index (Phi) is 5.30. The van der Waals surface area contributed by atoms with E-state index >= 15 is 0 Å². The van der Waals surface area contributed by atoms with Crippen molar-refractivity contribution in [3.05, 3.63) is 17.0 Å². The van der Waals surface area contributed by atoms with Crippen LogP contribution in [0.25, 0.3) is 0 Å². The average molecular weight is 347 g/mol. The molecule has 2 aliphatic carbocycles. The van der Waals surface area contributed by atoms with Gasteiger partial charge < -0.3 is 14.4 Å². The van der Waals surface area contributed by atoms with Gasteiger partial charge in [0.15, 0.2) is 0 Å². The Morgan fingerprint density at radius 2 is 1.96 bits per heavy atom. The molecule has 0 aromatic carbocycles. The van der Waals surface area contributed by atoms with Gasteiger partial charge in [0.2, 0.25) is 0 Å². The number of carbonyl (C=O) groups excluding carboxylic acids is 1. The van der Waals surface area contributed by atoms with E-state index < -0.39 is 11.9 Å². The number of nitrogens with zero attached hydrogens (tertiary/aromatic N) is 1. The molecule has 2 atom stereocenters. The minimum atomic E-state index is -0.898. The van der Waals surface area contributed by atoms with Crippen LogP contribution in [-0.2, 0) is 9.59 Å². The molecule has 1 aromatic rings. The highest BCUT2D eigenvalue weighted by molar-refractivity contribution is 5.69. The molecular weight excluding hydrogens is 318 g/mol. The van der Waals surface area contributed by atoms with E-state index in [9.17, 15) is 14.7 Å². The summed E-state index contributed by atoms with van der Waals surface area (Å²) in [6.07, 6.45) is 6.50. The van der Waals surface area contributed by atoms with Gasteiger partial charge in [-0.15, -0.1) is 0 Å². The van der Waals surface area contributed by atoms with E-state index in [-0.39, 0.29) is 12.3 Å². The molecule has 1 heterocycles. The highest BCUT2D eigenvalue weighted by Crippen LogP contribution is 2.53. The Hall–Kier alpha value is -1.65. The molecule has 3 rings (SSSR count). The quantitative estimate of drug-likeness (QED) is 0.666. The summed E-state index contributed by atoms with van der Waals surface area (Å²) in [5, 5.41) is 13.5. The average Bonchev–Trinajstić information content (AvgIpc) is 3.26. The van der Waals surface area contributed by atoms with Gasteiger partial charge in [0.25, 0.3) is 0 Å². The van der Waals surface area contributed by atoms with Gasteiger partial charge >= 0.3 is 5.97 Å². The number of carboxylic acids is 1. The topological polar surface area (TPSA) is 80.4 Å². The summed E-state index contributed by atoms with van der Waals surface area (Å²) in [4.78, 5) is 22.6. The van der Waals surface area contributed by atoms with E-state index in [0.29, 0.717) is 17.8 Å². The van der Waals surface area contributed by atoms with Crippen LogP contribution < -0.4 is 0 Å². The third-order valence-corrected chi connectivity index (χ3v) is 5.78. The minimum Gasteiger partial charge on any atom is -0.481 e. The van der Waals surface area contributed by atoms with Crippen LogP contribution in [0.15, 0.2) is 4.52 Å². The first-order valence-corrected chi connectivity index (χ1v) is 9.57. The van der Waals surface area contributed by atoms with Gasteiger partial charge in [0.1, 0.15) is 12.0 Å². The lowest BCUT2D eigenvalue weighted by molar-refractivity contribution is -0.137. The van der Waals surface area contributed by atoms with Gasteiger partial charge in [-0.2, -0.15) is 0 Å². The van der Waals surface area contributed by atoms with Crippen molar-refractivity contribution < 1.29 is 19.2 Å². The first-order chi connectivity index (χ1) is 11.9. The third-order valence-electron chi connectivity index (χ3n) is 5.78. The molecule has 5 nitrogen and oxygen atoms in total. The number of hydrogen-bond acceptors (Lipinski definition) is 4. The van der Waals surface area contributed by atoms with E-state index in [1.807, 2.05) is 0 Å². The molecule has 138 valence electrons. The van der Waals surface area contributed by atoms with Crippen LogP contribution in [0, 0.1) is 17.8 Å². The molecule has 2 saturated carbocycles. The molecule has 2 fully saturated rings. The number of carboxylic acid groups (broad SMARTS) is 1. The van der Waals surface area contributed by atoms with Crippen molar-refractivity contribution in [1.29, 1.82) is 0 Å². The van der Waals surface area contributed by atoms with Gasteiger partial charge in [-0.25, -0.2) is 0 Å². The normalized spacial score (nSPS) is 25.4. The molecule has 0 spiro atoms. The van der Waals surface area contributed by atoms with Gasteiger partial charge in [0, 0.05) is 23.3 Å². The van der Waals surface area contributed by atoms with Crippen molar-refractivity contribution in [2.75, 3.05) is 0 Å². The maximum atomic E-state index is 11.3. The molecule has 1 aromatic heterocycles. The van der Waals surface area contributed by atoms with Crippen LogP contribution in [-0.4, -0.2) is 22.5 Å². The van der Waals surface area contributed by atoms with Crippen molar-refractivity contribution in [2.24, 2.45) is 17.8 Å². The molecular formula is C20H29NO4. The summed E-state index contributed by atoms with van der Waals surface area (Å²) in [6.45, 7) is 6.29. The van der Waals surface area contributed by atoms with Crippen LogP contribution in [0.5, 0.6) is 0 Å². The largest absolute Gasteiger partial charge is 0.481 e. The Morgan fingerprint density at radius 1 is 1.28 bits per heavy atom. The summed E-state index contributed by atoms with van der Waals surface area (Å²) in [6, 6.07) is 0. The maximum Gasteiger partial charge on any atom is 0.304 e. The van der Waals surface area contributed by atoms with Crippen LogP contribution in [0.1, 0.15) is 94.1 Å². The Balaban J connectivity index is 1.82. The lowest BCUT2D eigenvalue weighted by atomic mass is 9.69. The second kappa shape index (κ2) is 7.30. The van der Waals surface area contributed by atoms with Gasteiger partial charge in [0.05, 0.1) is 12.1 Å². The molecule has 0 amide bonds. The lowest BCUT2D eigenvalue weighted by Crippen LogP contribution is -2.24. The van der Waals surface area contributed by atoms with Crippen LogP contribution in [0.4, 0.5) is 0 Å². The van der Waals surface area contributed by atoms with Crippen LogP contribution >= 0.6 is 0 Å². The number of aldehydes is 1. The summed E-state index contributed by atoms with van der Waals surface area (Å²) < 4.78 is 5.75. The summed E-state index contributed by atoms with van der Waals surface area (Å²) in [5.74, 6) is 1.64. The maximum absolute atomic E-state index is 11.3. The van der Waals surface area contributed by atoms with Crippen molar-refractivity contribution in [1.82, 2.24) is 5.16 Å². The Labute approximate surface area is 149 Å². The number of carbonyl (C=O) groups is 2. The number of hydrogen-bond donors (Lipinski definition) is 1. The number of aliphatic carboxylic acids is 1.